The standard InChI is InChI=1S/C23H22N2O5S/c1-3-30-23(27)20-9-4-5-10-21(20)24-22(26)17-7-6-8-18(15-17)25-31(28,29)19-13-11-16(2)12-14-19/h4-15,25H,3H2,1-2H3,(H,24,26). The number of carbonyl (C=O) groups is 2. The number of rotatable bonds is 7. The number of sulfonamides is 1. The molecule has 3 rings (SSSR count). The highest BCUT2D eigenvalue weighted by Crippen LogP contribution is 2.20. The Morgan fingerprint density at radius 2 is 1.65 bits per heavy atom. The van der Waals surface area contributed by atoms with Gasteiger partial charge >= 0.3 is 5.97 Å². The molecule has 0 spiro atoms. The zero-order chi connectivity index (χ0) is 22.4. The molecule has 0 radical (unpaired) electrons. The molecule has 0 unspecified atom stereocenters. The molecule has 0 aliphatic heterocycles. The van der Waals surface area contributed by atoms with E-state index in [1.54, 1.807) is 61.5 Å². The third-order valence-electron chi connectivity index (χ3n) is 4.38. The van der Waals surface area contributed by atoms with Crippen LogP contribution in [0.1, 0.15) is 33.2 Å². The number of benzene rings is 3. The van der Waals surface area contributed by atoms with Gasteiger partial charge in [0.05, 0.1) is 22.8 Å². The van der Waals surface area contributed by atoms with Crippen molar-refractivity contribution in [3.63, 3.8) is 0 Å². The number of nitrogens with one attached hydrogen (secondary N) is 2. The molecule has 0 aliphatic rings. The molecule has 8 heteroatoms. The first kappa shape index (κ1) is 22.0. The van der Waals surface area contributed by atoms with Crippen LogP contribution >= 0.6 is 0 Å². The number of hydrogen-bond donors (Lipinski definition) is 2. The van der Waals surface area contributed by atoms with Gasteiger partial charge in [-0.1, -0.05) is 35.9 Å². The molecule has 0 fully saturated rings. The highest BCUT2D eigenvalue weighted by atomic mass is 32.2. The Morgan fingerprint density at radius 1 is 0.935 bits per heavy atom. The highest BCUT2D eigenvalue weighted by Gasteiger charge is 2.17. The summed E-state index contributed by atoms with van der Waals surface area (Å²) in [5.41, 5.74) is 1.95. The summed E-state index contributed by atoms with van der Waals surface area (Å²) in [6.45, 7) is 3.78. The van der Waals surface area contributed by atoms with E-state index in [1.165, 1.54) is 18.2 Å². The van der Waals surface area contributed by atoms with E-state index in [-0.39, 0.29) is 28.3 Å². The summed E-state index contributed by atoms with van der Waals surface area (Å²) in [6, 6.07) is 19.0. The molecule has 0 atom stereocenters. The molecule has 7 nitrogen and oxygen atoms in total. The molecular weight excluding hydrogens is 416 g/mol. The summed E-state index contributed by atoms with van der Waals surface area (Å²) >= 11 is 0. The maximum absolute atomic E-state index is 12.7. The molecule has 0 aromatic heterocycles. The maximum atomic E-state index is 12.7. The zero-order valence-electron chi connectivity index (χ0n) is 17.1. The van der Waals surface area contributed by atoms with Gasteiger partial charge < -0.3 is 10.1 Å². The Kier molecular flexibility index (Phi) is 6.71. The van der Waals surface area contributed by atoms with Crippen LogP contribution in [-0.2, 0) is 14.8 Å². The summed E-state index contributed by atoms with van der Waals surface area (Å²) in [7, 11) is -3.80. The number of ether oxygens (including phenoxy) is 1. The fourth-order valence-electron chi connectivity index (χ4n) is 2.83. The van der Waals surface area contributed by atoms with Gasteiger partial charge in [0.1, 0.15) is 0 Å². The minimum absolute atomic E-state index is 0.122. The largest absolute Gasteiger partial charge is 0.462 e. The third kappa shape index (κ3) is 5.49. The van der Waals surface area contributed by atoms with Crippen LogP contribution in [0.2, 0.25) is 0 Å². The van der Waals surface area contributed by atoms with Gasteiger partial charge in [0.2, 0.25) is 0 Å². The summed E-state index contributed by atoms with van der Waals surface area (Å²) < 4.78 is 32.7. The van der Waals surface area contributed by atoms with Crippen LogP contribution in [0.4, 0.5) is 11.4 Å². The van der Waals surface area contributed by atoms with E-state index in [0.717, 1.165) is 5.56 Å². The molecule has 0 heterocycles. The van der Waals surface area contributed by atoms with Crippen LogP contribution in [0.25, 0.3) is 0 Å². The van der Waals surface area contributed by atoms with Gasteiger partial charge in [0.15, 0.2) is 0 Å². The zero-order valence-corrected chi connectivity index (χ0v) is 17.9. The van der Waals surface area contributed by atoms with Crippen LogP contribution in [0.3, 0.4) is 0 Å². The molecule has 1 amide bonds. The molecule has 0 bridgehead atoms. The van der Waals surface area contributed by atoms with Crippen LogP contribution in [0.5, 0.6) is 0 Å². The van der Waals surface area contributed by atoms with Crippen molar-refractivity contribution < 1.29 is 22.7 Å². The smallest absolute Gasteiger partial charge is 0.340 e. The molecule has 31 heavy (non-hydrogen) atoms. The lowest BCUT2D eigenvalue weighted by Gasteiger charge is -2.12. The van der Waals surface area contributed by atoms with Crippen molar-refractivity contribution in [1.82, 2.24) is 0 Å². The fourth-order valence-corrected chi connectivity index (χ4v) is 3.88. The van der Waals surface area contributed by atoms with E-state index in [9.17, 15) is 18.0 Å². The van der Waals surface area contributed by atoms with Crippen molar-refractivity contribution in [2.24, 2.45) is 0 Å². The van der Waals surface area contributed by atoms with Crippen molar-refractivity contribution in [2.75, 3.05) is 16.6 Å². The van der Waals surface area contributed by atoms with Gasteiger partial charge in [-0.3, -0.25) is 9.52 Å². The van der Waals surface area contributed by atoms with Gasteiger partial charge in [-0.15, -0.1) is 0 Å². The Hall–Kier alpha value is -3.65. The lowest BCUT2D eigenvalue weighted by atomic mass is 10.1. The minimum Gasteiger partial charge on any atom is -0.462 e. The number of hydrogen-bond acceptors (Lipinski definition) is 5. The number of anilines is 2. The fraction of sp³-hybridized carbons (Fsp3) is 0.130. The topological polar surface area (TPSA) is 102 Å². The molecule has 0 saturated heterocycles. The van der Waals surface area contributed by atoms with Crippen LogP contribution < -0.4 is 10.0 Å². The first-order valence-electron chi connectivity index (χ1n) is 9.57. The van der Waals surface area contributed by atoms with E-state index >= 15 is 0 Å². The second-order valence-electron chi connectivity index (χ2n) is 6.72. The van der Waals surface area contributed by atoms with Crippen LogP contribution in [0, 0.1) is 6.92 Å². The monoisotopic (exact) mass is 438 g/mol. The van der Waals surface area contributed by atoms with Crippen LogP contribution in [-0.4, -0.2) is 26.9 Å². The minimum atomic E-state index is -3.80. The summed E-state index contributed by atoms with van der Waals surface area (Å²) in [4.78, 5) is 25.0. The first-order valence-corrected chi connectivity index (χ1v) is 11.1. The maximum Gasteiger partial charge on any atom is 0.340 e. The van der Waals surface area contributed by atoms with E-state index in [4.69, 9.17) is 4.74 Å². The number of para-hydroxylation sites is 1. The lowest BCUT2D eigenvalue weighted by Crippen LogP contribution is -2.17. The van der Waals surface area contributed by atoms with E-state index < -0.39 is 21.9 Å². The lowest BCUT2D eigenvalue weighted by molar-refractivity contribution is 0.0527. The Balaban J connectivity index is 1.80. The number of esters is 1. The van der Waals surface area contributed by atoms with Crippen molar-refractivity contribution in [3.8, 4) is 0 Å². The van der Waals surface area contributed by atoms with Gasteiger partial charge in [-0.05, 0) is 56.3 Å². The van der Waals surface area contributed by atoms with E-state index in [0.29, 0.717) is 5.69 Å². The number of aryl methyl sites for hydroxylation is 1. The van der Waals surface area contributed by atoms with Crippen molar-refractivity contribution >= 4 is 33.3 Å². The summed E-state index contributed by atoms with van der Waals surface area (Å²) in [5.74, 6) is -1.04. The van der Waals surface area contributed by atoms with Crippen molar-refractivity contribution in [1.29, 1.82) is 0 Å². The van der Waals surface area contributed by atoms with Crippen LogP contribution in [0.15, 0.2) is 77.7 Å². The van der Waals surface area contributed by atoms with Crippen molar-refractivity contribution in [2.45, 2.75) is 18.7 Å². The van der Waals surface area contributed by atoms with E-state index in [1.807, 2.05) is 6.92 Å². The number of carbonyl (C=O) groups excluding carboxylic acids is 2. The van der Waals surface area contributed by atoms with Gasteiger partial charge in [-0.25, -0.2) is 13.2 Å². The molecular formula is C23H22N2O5S. The molecule has 0 saturated carbocycles. The second-order valence-corrected chi connectivity index (χ2v) is 8.40. The van der Waals surface area contributed by atoms with Gasteiger partial charge in [0.25, 0.3) is 15.9 Å². The predicted molar refractivity (Wildman–Crippen MR) is 119 cm³/mol. The van der Waals surface area contributed by atoms with E-state index in [2.05, 4.69) is 10.0 Å². The quantitative estimate of drug-likeness (QED) is 0.538. The van der Waals surface area contributed by atoms with Crippen molar-refractivity contribution in [3.05, 3.63) is 89.5 Å². The first-order chi connectivity index (χ1) is 14.8. The Morgan fingerprint density at radius 3 is 2.35 bits per heavy atom. The summed E-state index contributed by atoms with van der Waals surface area (Å²) in [6.07, 6.45) is 0. The molecule has 160 valence electrons. The average molecular weight is 439 g/mol. The third-order valence-corrected chi connectivity index (χ3v) is 5.78. The normalized spacial score (nSPS) is 10.9. The predicted octanol–water partition coefficient (Wildman–Crippen LogP) is 4.22. The van der Waals surface area contributed by atoms with Gasteiger partial charge in [-0.2, -0.15) is 0 Å². The summed E-state index contributed by atoms with van der Waals surface area (Å²) in [5, 5.41) is 2.68. The Bertz CT molecular complexity index is 1200. The van der Waals surface area contributed by atoms with Gasteiger partial charge in [0, 0.05) is 11.3 Å². The molecule has 3 aromatic rings. The SMILES string of the molecule is CCOC(=O)c1ccccc1NC(=O)c1cccc(NS(=O)(=O)c2ccc(C)cc2)c1. The Labute approximate surface area is 181 Å². The number of amides is 1. The highest BCUT2D eigenvalue weighted by molar-refractivity contribution is 7.92. The molecule has 3 aromatic carbocycles. The average Bonchev–Trinajstić information content (AvgIpc) is 2.74. The second kappa shape index (κ2) is 9.44. The molecule has 0 aliphatic carbocycles. The molecule has 2 N–H and O–H groups in total.